The molecule has 0 radical (unpaired) electrons. The van der Waals surface area contributed by atoms with Gasteiger partial charge in [-0.15, -0.1) is 0 Å². The van der Waals surface area contributed by atoms with Crippen molar-refractivity contribution < 1.29 is 40.3 Å². The molecular weight excluding hydrogens is 459 g/mol. The molecule has 2 rings (SSSR count). The van der Waals surface area contributed by atoms with Crippen molar-refractivity contribution in [2.24, 2.45) is 10.7 Å². The second kappa shape index (κ2) is 9.92. The van der Waals surface area contributed by atoms with Gasteiger partial charge in [0.25, 0.3) is 0 Å². The maximum Gasteiger partial charge on any atom is 0.420 e. The number of halogens is 7. The fourth-order valence-electron chi connectivity index (χ4n) is 2.65. The van der Waals surface area contributed by atoms with Crippen molar-refractivity contribution in [3.05, 3.63) is 65.1 Å². The number of hydrogen-bond donors (Lipinski definition) is 1. The van der Waals surface area contributed by atoms with Crippen molar-refractivity contribution in [2.75, 3.05) is 18.5 Å². The second-order valence-corrected chi connectivity index (χ2v) is 6.55. The largest absolute Gasteiger partial charge is 0.420 e. The average molecular weight is 477 g/mol. The molecule has 1 amide bonds. The van der Waals surface area contributed by atoms with E-state index in [4.69, 9.17) is 10.5 Å². The Balaban J connectivity index is 2.70. The highest BCUT2D eigenvalue weighted by Gasteiger charge is 2.41. The third-order valence-corrected chi connectivity index (χ3v) is 4.30. The molecule has 0 aliphatic heterocycles. The summed E-state index contributed by atoms with van der Waals surface area (Å²) in [6.07, 6.45) is -10.1. The van der Waals surface area contributed by atoms with E-state index in [1.165, 1.54) is 0 Å². The highest BCUT2D eigenvalue weighted by Crippen LogP contribution is 2.44. The summed E-state index contributed by atoms with van der Waals surface area (Å²) in [5.74, 6) is -1.81. The van der Waals surface area contributed by atoms with E-state index in [-0.39, 0.29) is 23.9 Å². The van der Waals surface area contributed by atoms with E-state index in [2.05, 4.69) is 4.99 Å². The third kappa shape index (κ3) is 6.24. The van der Waals surface area contributed by atoms with Gasteiger partial charge in [0, 0.05) is 42.8 Å². The number of ether oxygens (including phenoxy) is 1. The summed E-state index contributed by atoms with van der Waals surface area (Å²) >= 11 is 0. The molecule has 0 unspecified atom stereocenters. The Morgan fingerprint density at radius 3 is 2.18 bits per heavy atom. The summed E-state index contributed by atoms with van der Waals surface area (Å²) in [4.78, 5) is 17.1. The molecule has 0 fully saturated rings. The number of aliphatic imine (C=N–C) groups is 1. The topological polar surface area (TPSA) is 67.9 Å². The Labute approximate surface area is 184 Å². The summed E-state index contributed by atoms with van der Waals surface area (Å²) in [5, 5.41) is 0. The fraction of sp³-hybridized carbons (Fsp3) is 0.238. The summed E-state index contributed by atoms with van der Waals surface area (Å²) in [7, 11) is 1.13. The normalized spacial score (nSPS) is 12.8. The van der Waals surface area contributed by atoms with Crippen LogP contribution in [0.2, 0.25) is 0 Å². The van der Waals surface area contributed by atoms with Crippen LogP contribution in [0, 0.1) is 5.82 Å². The van der Waals surface area contributed by atoms with Gasteiger partial charge in [-0.2, -0.15) is 26.3 Å². The predicted octanol–water partition coefficient (Wildman–Crippen LogP) is 5.89. The zero-order chi connectivity index (χ0) is 25.0. The highest BCUT2D eigenvalue weighted by atomic mass is 19.4. The smallest absolute Gasteiger partial charge is 0.409 e. The van der Waals surface area contributed by atoms with Crippen molar-refractivity contribution in [3.63, 3.8) is 0 Å². The number of amides is 1. The van der Waals surface area contributed by atoms with E-state index in [1.807, 2.05) is 0 Å². The molecule has 2 aromatic carbocycles. The Bertz CT molecular complexity index is 1060. The van der Waals surface area contributed by atoms with Crippen LogP contribution in [0.15, 0.2) is 47.6 Å². The van der Waals surface area contributed by atoms with Crippen LogP contribution in [0.5, 0.6) is 5.75 Å². The fourth-order valence-corrected chi connectivity index (χ4v) is 2.65. The molecule has 0 heterocycles. The number of rotatable bonds is 5. The van der Waals surface area contributed by atoms with Gasteiger partial charge < -0.3 is 10.5 Å². The molecule has 0 spiro atoms. The molecule has 0 aromatic heterocycles. The standard InChI is InChI=1S/C21H18F7N3O2/c1-3-30-11-12(10-29)16-8-13(20(23,24)25)9-17(21(26,27)28)18(16)33-19(32)31(2)15-6-4-14(22)5-7-15/h4-11H,3,29H2,1-2H3/b12-10+,30-11?. The van der Waals surface area contributed by atoms with Gasteiger partial charge in [-0.3, -0.25) is 9.89 Å². The summed E-state index contributed by atoms with van der Waals surface area (Å²) in [5.41, 5.74) is 0.956. The van der Waals surface area contributed by atoms with Crippen molar-refractivity contribution in [2.45, 2.75) is 19.3 Å². The third-order valence-electron chi connectivity index (χ3n) is 4.30. The Kier molecular flexibility index (Phi) is 7.72. The van der Waals surface area contributed by atoms with Crippen molar-refractivity contribution in [3.8, 4) is 5.75 Å². The van der Waals surface area contributed by atoms with E-state index < -0.39 is 46.7 Å². The van der Waals surface area contributed by atoms with Crippen molar-refractivity contribution in [1.29, 1.82) is 0 Å². The van der Waals surface area contributed by atoms with Crippen LogP contribution >= 0.6 is 0 Å². The minimum Gasteiger partial charge on any atom is -0.409 e. The van der Waals surface area contributed by atoms with E-state index in [0.29, 0.717) is 6.07 Å². The van der Waals surface area contributed by atoms with Crippen LogP contribution < -0.4 is 15.4 Å². The van der Waals surface area contributed by atoms with Gasteiger partial charge in [-0.1, -0.05) is 0 Å². The number of allylic oxidation sites excluding steroid dienone is 1. The van der Waals surface area contributed by atoms with E-state index >= 15 is 0 Å². The Morgan fingerprint density at radius 1 is 1.09 bits per heavy atom. The number of anilines is 1. The van der Waals surface area contributed by atoms with Gasteiger partial charge in [0.2, 0.25) is 0 Å². The monoisotopic (exact) mass is 477 g/mol. The number of nitrogens with two attached hydrogens (primary N) is 1. The molecule has 12 heteroatoms. The van der Waals surface area contributed by atoms with Gasteiger partial charge in [0.1, 0.15) is 5.82 Å². The molecule has 0 atom stereocenters. The SMILES string of the molecule is CCN=C/C(=C\N)c1cc(C(F)(F)F)cc(C(F)(F)F)c1OC(=O)N(C)c1ccc(F)cc1. The molecular formula is C21H18F7N3O2. The summed E-state index contributed by atoms with van der Waals surface area (Å²) in [6, 6.07) is 4.55. The lowest BCUT2D eigenvalue weighted by atomic mass is 9.98. The maximum atomic E-state index is 13.7. The van der Waals surface area contributed by atoms with Crippen LogP contribution in [0.3, 0.4) is 0 Å². The first-order valence-electron chi connectivity index (χ1n) is 9.25. The first-order chi connectivity index (χ1) is 15.3. The predicted molar refractivity (Wildman–Crippen MR) is 108 cm³/mol. The molecule has 0 saturated carbocycles. The first kappa shape index (κ1) is 25.7. The van der Waals surface area contributed by atoms with Gasteiger partial charge in [0.05, 0.1) is 11.1 Å². The highest BCUT2D eigenvalue weighted by molar-refractivity contribution is 6.11. The quantitative estimate of drug-likeness (QED) is 0.432. The van der Waals surface area contributed by atoms with E-state index in [1.54, 1.807) is 6.92 Å². The zero-order valence-electron chi connectivity index (χ0n) is 17.3. The lowest BCUT2D eigenvalue weighted by molar-refractivity contribution is -0.143. The van der Waals surface area contributed by atoms with Crippen LogP contribution in [-0.4, -0.2) is 25.9 Å². The summed E-state index contributed by atoms with van der Waals surface area (Å²) < 4.78 is 99.3. The van der Waals surface area contributed by atoms with Crippen LogP contribution in [0.1, 0.15) is 23.6 Å². The lowest BCUT2D eigenvalue weighted by Crippen LogP contribution is -2.30. The summed E-state index contributed by atoms with van der Waals surface area (Å²) in [6.45, 7) is 1.74. The van der Waals surface area contributed by atoms with Gasteiger partial charge >= 0.3 is 18.4 Å². The van der Waals surface area contributed by atoms with Gasteiger partial charge in [-0.05, 0) is 43.3 Å². The molecule has 0 aliphatic carbocycles. The molecule has 0 bridgehead atoms. The number of carbonyl (C=O) groups is 1. The van der Waals surface area contributed by atoms with Crippen LogP contribution in [0.25, 0.3) is 5.57 Å². The molecule has 33 heavy (non-hydrogen) atoms. The molecule has 178 valence electrons. The van der Waals surface area contributed by atoms with Crippen molar-refractivity contribution >= 4 is 23.6 Å². The number of hydrogen-bond acceptors (Lipinski definition) is 4. The number of nitrogens with zero attached hydrogens (tertiary/aromatic N) is 2. The van der Waals surface area contributed by atoms with Crippen LogP contribution in [0.4, 0.5) is 41.2 Å². The Morgan fingerprint density at radius 2 is 1.70 bits per heavy atom. The number of carbonyl (C=O) groups excluding carboxylic acids is 1. The van der Waals surface area contributed by atoms with E-state index in [0.717, 1.165) is 48.6 Å². The minimum absolute atomic E-state index is 0.0607. The second-order valence-electron chi connectivity index (χ2n) is 6.55. The molecule has 0 aliphatic rings. The minimum atomic E-state index is -5.32. The van der Waals surface area contributed by atoms with Gasteiger partial charge in [-0.25, -0.2) is 9.18 Å². The zero-order valence-corrected chi connectivity index (χ0v) is 17.3. The molecule has 0 saturated heterocycles. The molecule has 2 aromatic rings. The Hall–Kier alpha value is -3.57. The lowest BCUT2D eigenvalue weighted by Gasteiger charge is -2.22. The first-order valence-corrected chi connectivity index (χ1v) is 9.25. The number of alkyl halides is 6. The number of benzene rings is 2. The molecule has 5 nitrogen and oxygen atoms in total. The van der Waals surface area contributed by atoms with Crippen molar-refractivity contribution in [1.82, 2.24) is 0 Å². The van der Waals surface area contributed by atoms with E-state index in [9.17, 15) is 35.5 Å². The van der Waals surface area contributed by atoms with Gasteiger partial charge in [0.15, 0.2) is 5.75 Å². The van der Waals surface area contributed by atoms with Crippen LogP contribution in [-0.2, 0) is 12.4 Å². The average Bonchev–Trinajstić information content (AvgIpc) is 2.73. The maximum absolute atomic E-state index is 13.7. The molecule has 2 N–H and O–H groups in total.